The topological polar surface area (TPSA) is 119 Å². The number of amides is 1. The van der Waals surface area contributed by atoms with Gasteiger partial charge in [-0.2, -0.15) is 4.98 Å². The van der Waals surface area contributed by atoms with E-state index in [9.17, 15) is 4.79 Å². The van der Waals surface area contributed by atoms with E-state index < -0.39 is 0 Å². The van der Waals surface area contributed by atoms with Crippen LogP contribution in [-0.2, 0) is 6.54 Å². The second-order valence-corrected chi connectivity index (χ2v) is 5.68. The molecular formula is C19H20N6O. The highest BCUT2D eigenvalue weighted by Gasteiger charge is 2.10. The summed E-state index contributed by atoms with van der Waals surface area (Å²) in [6, 6.07) is 16.4. The maximum absolute atomic E-state index is 12.5. The largest absolute Gasteiger partial charge is 0.373 e. The van der Waals surface area contributed by atoms with Gasteiger partial charge in [0.2, 0.25) is 5.95 Å². The zero-order valence-electron chi connectivity index (χ0n) is 14.4. The fraction of sp³-hybridized carbons (Fsp3) is 0.105. The number of hydrogen-bond acceptors (Lipinski definition) is 6. The number of rotatable bonds is 5. The summed E-state index contributed by atoms with van der Waals surface area (Å²) in [5, 5.41) is 5.81. The van der Waals surface area contributed by atoms with Crippen molar-refractivity contribution in [3.63, 3.8) is 0 Å². The van der Waals surface area contributed by atoms with Crippen LogP contribution in [0.4, 0.5) is 17.5 Å². The Morgan fingerprint density at radius 3 is 2.54 bits per heavy atom. The van der Waals surface area contributed by atoms with Crippen molar-refractivity contribution in [3.8, 4) is 11.3 Å². The first kappa shape index (κ1) is 17.4. The number of nitrogens with zero attached hydrogens (tertiary/aromatic N) is 2. The monoisotopic (exact) mass is 348 g/mol. The van der Waals surface area contributed by atoms with Crippen LogP contribution < -0.4 is 22.1 Å². The summed E-state index contributed by atoms with van der Waals surface area (Å²) in [5.41, 5.74) is 15.0. The lowest BCUT2D eigenvalue weighted by Gasteiger charge is -2.09. The first-order chi connectivity index (χ1) is 12.6. The Bertz CT molecular complexity index is 924. The van der Waals surface area contributed by atoms with Gasteiger partial charge in [-0.3, -0.25) is 4.79 Å². The Kier molecular flexibility index (Phi) is 5.09. The van der Waals surface area contributed by atoms with Gasteiger partial charge in [0.15, 0.2) is 0 Å². The van der Waals surface area contributed by atoms with Crippen molar-refractivity contribution in [2.45, 2.75) is 6.54 Å². The van der Waals surface area contributed by atoms with Crippen molar-refractivity contribution >= 4 is 23.4 Å². The molecule has 3 aromatic rings. The quantitative estimate of drug-likeness (QED) is 0.562. The predicted molar refractivity (Wildman–Crippen MR) is 104 cm³/mol. The van der Waals surface area contributed by atoms with Gasteiger partial charge in [-0.05, 0) is 29.8 Å². The summed E-state index contributed by atoms with van der Waals surface area (Å²) < 4.78 is 0. The van der Waals surface area contributed by atoms with E-state index in [1.54, 1.807) is 31.3 Å². The highest BCUT2D eigenvalue weighted by Crippen LogP contribution is 2.22. The number of carbonyl (C=O) groups is 1. The summed E-state index contributed by atoms with van der Waals surface area (Å²) in [6.45, 7) is 0.465. The summed E-state index contributed by atoms with van der Waals surface area (Å²) in [7, 11) is 1.76. The summed E-state index contributed by atoms with van der Waals surface area (Å²) in [5.74, 6) is 0.576. The maximum Gasteiger partial charge on any atom is 0.255 e. The molecule has 0 saturated heterocycles. The standard InChI is InChI=1S/C19H20N6O/c1-22-17-10-16(24-19(21)25-17)13-3-2-4-14(9-13)18(26)23-15-7-5-12(11-20)6-8-15/h2-10H,11,20H2,1H3,(H,23,26)(H3,21,22,24,25). The molecule has 7 nitrogen and oxygen atoms in total. The molecule has 0 unspecified atom stereocenters. The van der Waals surface area contributed by atoms with Crippen LogP contribution in [0.3, 0.4) is 0 Å². The molecule has 0 aliphatic heterocycles. The van der Waals surface area contributed by atoms with Crippen molar-refractivity contribution in [1.82, 2.24) is 9.97 Å². The minimum Gasteiger partial charge on any atom is -0.373 e. The summed E-state index contributed by atoms with van der Waals surface area (Å²) in [4.78, 5) is 20.8. The van der Waals surface area contributed by atoms with Crippen molar-refractivity contribution < 1.29 is 4.79 Å². The number of carbonyl (C=O) groups excluding carboxylic acids is 1. The molecule has 0 saturated carbocycles. The molecule has 3 rings (SSSR count). The van der Waals surface area contributed by atoms with E-state index >= 15 is 0 Å². The van der Waals surface area contributed by atoms with Crippen LogP contribution >= 0.6 is 0 Å². The number of hydrogen-bond donors (Lipinski definition) is 4. The molecular weight excluding hydrogens is 328 g/mol. The lowest BCUT2D eigenvalue weighted by Crippen LogP contribution is -2.12. The maximum atomic E-state index is 12.5. The molecule has 2 aromatic carbocycles. The third kappa shape index (κ3) is 3.96. The molecule has 7 heteroatoms. The van der Waals surface area contributed by atoms with E-state index in [1.165, 1.54) is 0 Å². The number of anilines is 3. The van der Waals surface area contributed by atoms with Gasteiger partial charge in [-0.15, -0.1) is 0 Å². The first-order valence-corrected chi connectivity index (χ1v) is 8.12. The number of nitrogen functional groups attached to an aromatic ring is 1. The second-order valence-electron chi connectivity index (χ2n) is 5.68. The molecule has 0 aliphatic rings. The van der Waals surface area contributed by atoms with Crippen molar-refractivity contribution in [2.24, 2.45) is 5.73 Å². The molecule has 1 heterocycles. The minimum atomic E-state index is -0.205. The minimum absolute atomic E-state index is 0.168. The normalized spacial score (nSPS) is 10.4. The number of nitrogens with two attached hydrogens (primary N) is 2. The molecule has 1 aromatic heterocycles. The average Bonchev–Trinajstić information content (AvgIpc) is 2.68. The van der Waals surface area contributed by atoms with E-state index in [0.29, 0.717) is 29.3 Å². The smallest absolute Gasteiger partial charge is 0.255 e. The number of benzene rings is 2. The highest BCUT2D eigenvalue weighted by atomic mass is 16.1. The Hall–Kier alpha value is -3.45. The van der Waals surface area contributed by atoms with E-state index in [2.05, 4.69) is 20.6 Å². The van der Waals surface area contributed by atoms with Crippen LogP contribution in [0.15, 0.2) is 54.6 Å². The van der Waals surface area contributed by atoms with Crippen LogP contribution in [0.25, 0.3) is 11.3 Å². The third-order valence-corrected chi connectivity index (χ3v) is 3.87. The SMILES string of the molecule is CNc1cc(-c2cccc(C(=O)Nc3ccc(CN)cc3)c2)nc(N)n1. The fourth-order valence-electron chi connectivity index (χ4n) is 2.49. The van der Waals surface area contributed by atoms with E-state index in [0.717, 1.165) is 11.1 Å². The van der Waals surface area contributed by atoms with E-state index in [4.69, 9.17) is 11.5 Å². The highest BCUT2D eigenvalue weighted by molar-refractivity contribution is 6.04. The molecule has 132 valence electrons. The van der Waals surface area contributed by atoms with Crippen LogP contribution in [0.5, 0.6) is 0 Å². The van der Waals surface area contributed by atoms with Crippen molar-refractivity contribution in [3.05, 3.63) is 65.7 Å². The Balaban J connectivity index is 1.84. The first-order valence-electron chi connectivity index (χ1n) is 8.12. The van der Waals surface area contributed by atoms with Crippen molar-refractivity contribution in [2.75, 3.05) is 23.4 Å². The zero-order chi connectivity index (χ0) is 18.5. The average molecular weight is 348 g/mol. The predicted octanol–water partition coefficient (Wildman–Crippen LogP) is 2.48. The van der Waals surface area contributed by atoms with Gasteiger partial charge in [0.25, 0.3) is 5.91 Å². The lowest BCUT2D eigenvalue weighted by atomic mass is 10.1. The van der Waals surface area contributed by atoms with Crippen LogP contribution in [0.1, 0.15) is 15.9 Å². The molecule has 0 fully saturated rings. The molecule has 0 radical (unpaired) electrons. The molecule has 6 N–H and O–H groups in total. The van der Waals surface area contributed by atoms with Gasteiger partial charge in [-0.1, -0.05) is 24.3 Å². The van der Waals surface area contributed by atoms with Gasteiger partial charge in [-0.25, -0.2) is 4.98 Å². The van der Waals surface area contributed by atoms with Gasteiger partial charge < -0.3 is 22.1 Å². The zero-order valence-corrected chi connectivity index (χ0v) is 14.4. The van der Waals surface area contributed by atoms with E-state index in [-0.39, 0.29) is 11.9 Å². The summed E-state index contributed by atoms with van der Waals surface area (Å²) in [6.07, 6.45) is 0. The van der Waals surface area contributed by atoms with Crippen LogP contribution in [-0.4, -0.2) is 22.9 Å². The van der Waals surface area contributed by atoms with Gasteiger partial charge in [0, 0.05) is 36.5 Å². The molecule has 0 bridgehead atoms. The molecule has 0 spiro atoms. The van der Waals surface area contributed by atoms with Gasteiger partial charge in [0.1, 0.15) is 5.82 Å². The fourth-order valence-corrected chi connectivity index (χ4v) is 2.49. The lowest BCUT2D eigenvalue weighted by molar-refractivity contribution is 0.102. The molecule has 26 heavy (non-hydrogen) atoms. The molecule has 0 aliphatic carbocycles. The number of nitrogens with one attached hydrogen (secondary N) is 2. The van der Waals surface area contributed by atoms with Gasteiger partial charge in [0.05, 0.1) is 5.69 Å². The molecule has 1 amide bonds. The Labute approximate surface area is 151 Å². The van der Waals surface area contributed by atoms with Crippen LogP contribution in [0, 0.1) is 0 Å². The molecule has 0 atom stereocenters. The third-order valence-electron chi connectivity index (χ3n) is 3.87. The Morgan fingerprint density at radius 1 is 1.08 bits per heavy atom. The Morgan fingerprint density at radius 2 is 1.85 bits per heavy atom. The summed E-state index contributed by atoms with van der Waals surface area (Å²) >= 11 is 0. The number of aromatic nitrogens is 2. The second kappa shape index (κ2) is 7.62. The van der Waals surface area contributed by atoms with E-state index in [1.807, 2.05) is 30.3 Å². The van der Waals surface area contributed by atoms with Crippen LogP contribution in [0.2, 0.25) is 0 Å². The van der Waals surface area contributed by atoms with Crippen molar-refractivity contribution in [1.29, 1.82) is 0 Å². The van der Waals surface area contributed by atoms with Gasteiger partial charge >= 0.3 is 0 Å².